The molecule has 0 heterocycles. The van der Waals surface area contributed by atoms with Gasteiger partial charge in [0, 0.05) is 12.1 Å². The van der Waals surface area contributed by atoms with Crippen LogP contribution < -0.4 is 5.32 Å². The lowest BCUT2D eigenvalue weighted by Gasteiger charge is -2.38. The van der Waals surface area contributed by atoms with Gasteiger partial charge in [-0.3, -0.25) is 0 Å². The highest BCUT2D eigenvalue weighted by molar-refractivity contribution is 5.20. The quantitative estimate of drug-likeness (QED) is 0.773. The summed E-state index contributed by atoms with van der Waals surface area (Å²) >= 11 is 0. The van der Waals surface area contributed by atoms with Crippen molar-refractivity contribution >= 4 is 0 Å². The summed E-state index contributed by atoms with van der Waals surface area (Å²) < 4.78 is 13.2. The van der Waals surface area contributed by atoms with Crippen LogP contribution in [0.5, 0.6) is 0 Å². The fourth-order valence-electron chi connectivity index (χ4n) is 3.74. The Morgan fingerprint density at radius 1 is 1.00 bits per heavy atom. The molecule has 0 saturated heterocycles. The van der Waals surface area contributed by atoms with Crippen LogP contribution in [0.25, 0.3) is 0 Å². The Hall–Kier alpha value is -0.890. The van der Waals surface area contributed by atoms with E-state index in [-0.39, 0.29) is 5.82 Å². The Kier molecular flexibility index (Phi) is 5.80. The van der Waals surface area contributed by atoms with Crippen molar-refractivity contribution in [2.75, 3.05) is 0 Å². The second-order valence-corrected chi connectivity index (χ2v) is 7.24. The molecule has 0 radical (unpaired) electrons. The summed E-state index contributed by atoms with van der Waals surface area (Å²) in [5.74, 6) is 1.84. The highest BCUT2D eigenvalue weighted by atomic mass is 19.1. The molecule has 1 aromatic carbocycles. The Morgan fingerprint density at radius 3 is 2.19 bits per heavy atom. The average Bonchev–Trinajstić information content (AvgIpc) is 2.46. The number of nitrogens with one attached hydrogen (secondary N) is 1. The minimum Gasteiger partial charge on any atom is -0.307 e. The van der Waals surface area contributed by atoms with Crippen LogP contribution in [0.2, 0.25) is 0 Å². The Bertz CT molecular complexity index is 424. The maximum Gasteiger partial charge on any atom is 0.123 e. The molecule has 0 bridgehead atoms. The monoisotopic (exact) mass is 291 g/mol. The van der Waals surface area contributed by atoms with Crippen molar-refractivity contribution in [2.45, 2.75) is 65.5 Å². The van der Waals surface area contributed by atoms with Crippen molar-refractivity contribution in [3.63, 3.8) is 0 Å². The van der Waals surface area contributed by atoms with E-state index in [9.17, 15) is 4.39 Å². The van der Waals surface area contributed by atoms with Crippen LogP contribution in [0.1, 0.15) is 65.0 Å². The van der Waals surface area contributed by atoms with Crippen LogP contribution in [-0.2, 0) is 0 Å². The van der Waals surface area contributed by atoms with E-state index in [1.54, 1.807) is 12.1 Å². The van der Waals surface area contributed by atoms with Gasteiger partial charge in [-0.2, -0.15) is 0 Å². The van der Waals surface area contributed by atoms with Gasteiger partial charge in [-0.15, -0.1) is 0 Å². The third-order valence-corrected chi connectivity index (χ3v) is 4.97. The molecule has 1 aliphatic rings. The summed E-state index contributed by atoms with van der Waals surface area (Å²) in [5, 5.41) is 3.90. The van der Waals surface area contributed by atoms with E-state index in [2.05, 4.69) is 33.0 Å². The van der Waals surface area contributed by atoms with Crippen molar-refractivity contribution in [3.8, 4) is 0 Å². The summed E-state index contributed by atoms with van der Waals surface area (Å²) in [7, 11) is 0. The SMILES string of the molecule is CC(C)C(NC1CCCCC1C(C)C)c1ccc(F)cc1. The fourth-order valence-corrected chi connectivity index (χ4v) is 3.74. The standard InChI is InChI=1S/C19H30FN/c1-13(2)17-7-5-6-8-18(17)21-19(14(3)4)15-9-11-16(20)12-10-15/h9-14,17-19,21H,5-8H2,1-4H3. The molecule has 3 atom stereocenters. The smallest absolute Gasteiger partial charge is 0.123 e. The molecule has 0 aliphatic heterocycles. The molecule has 118 valence electrons. The number of benzene rings is 1. The molecule has 21 heavy (non-hydrogen) atoms. The Morgan fingerprint density at radius 2 is 1.62 bits per heavy atom. The summed E-state index contributed by atoms with van der Waals surface area (Å²) in [4.78, 5) is 0. The topological polar surface area (TPSA) is 12.0 Å². The summed E-state index contributed by atoms with van der Waals surface area (Å²) in [6, 6.07) is 7.92. The van der Waals surface area contributed by atoms with Crippen molar-refractivity contribution in [1.29, 1.82) is 0 Å². The molecule has 1 nitrogen and oxygen atoms in total. The van der Waals surface area contributed by atoms with Gasteiger partial charge in [0.05, 0.1) is 0 Å². The summed E-state index contributed by atoms with van der Waals surface area (Å²) in [5.41, 5.74) is 1.21. The van der Waals surface area contributed by atoms with Gasteiger partial charge in [-0.05, 0) is 48.3 Å². The van der Waals surface area contributed by atoms with Crippen LogP contribution in [0.3, 0.4) is 0 Å². The lowest BCUT2D eigenvalue weighted by molar-refractivity contribution is 0.180. The third kappa shape index (κ3) is 4.29. The van der Waals surface area contributed by atoms with Crippen molar-refractivity contribution in [2.24, 2.45) is 17.8 Å². The van der Waals surface area contributed by atoms with Gasteiger partial charge in [0.1, 0.15) is 5.82 Å². The first kappa shape index (κ1) is 16.5. The molecule has 1 aliphatic carbocycles. The summed E-state index contributed by atoms with van der Waals surface area (Å²) in [6.45, 7) is 9.17. The number of hydrogen-bond acceptors (Lipinski definition) is 1. The first-order valence-electron chi connectivity index (χ1n) is 8.50. The highest BCUT2D eigenvalue weighted by Crippen LogP contribution is 2.33. The minimum absolute atomic E-state index is 0.154. The molecule has 1 aromatic rings. The zero-order valence-corrected chi connectivity index (χ0v) is 13.9. The van der Waals surface area contributed by atoms with Crippen LogP contribution in [0.4, 0.5) is 4.39 Å². The maximum atomic E-state index is 13.2. The first-order chi connectivity index (χ1) is 9.99. The molecule has 2 heteroatoms. The van der Waals surface area contributed by atoms with E-state index in [4.69, 9.17) is 0 Å². The van der Waals surface area contributed by atoms with Gasteiger partial charge < -0.3 is 5.32 Å². The molecule has 1 saturated carbocycles. The predicted molar refractivity (Wildman–Crippen MR) is 87.7 cm³/mol. The van der Waals surface area contributed by atoms with E-state index < -0.39 is 0 Å². The maximum absolute atomic E-state index is 13.2. The number of hydrogen-bond donors (Lipinski definition) is 1. The molecule has 1 N–H and O–H groups in total. The normalized spacial score (nSPS) is 24.5. The zero-order valence-electron chi connectivity index (χ0n) is 13.9. The fraction of sp³-hybridized carbons (Fsp3) is 0.684. The molecule has 0 aromatic heterocycles. The molecule has 3 unspecified atom stereocenters. The van der Waals surface area contributed by atoms with E-state index in [0.29, 0.717) is 18.0 Å². The Balaban J connectivity index is 2.13. The van der Waals surface area contributed by atoms with E-state index in [0.717, 1.165) is 11.8 Å². The molecule has 0 amide bonds. The molecule has 1 fully saturated rings. The van der Waals surface area contributed by atoms with E-state index >= 15 is 0 Å². The van der Waals surface area contributed by atoms with E-state index in [1.165, 1.54) is 31.2 Å². The minimum atomic E-state index is -0.154. The highest BCUT2D eigenvalue weighted by Gasteiger charge is 2.30. The van der Waals surface area contributed by atoms with Crippen molar-refractivity contribution in [1.82, 2.24) is 5.32 Å². The lowest BCUT2D eigenvalue weighted by Crippen LogP contribution is -2.44. The van der Waals surface area contributed by atoms with Gasteiger partial charge in [-0.25, -0.2) is 4.39 Å². The second-order valence-electron chi connectivity index (χ2n) is 7.24. The molecule has 2 rings (SSSR count). The molecular weight excluding hydrogens is 261 g/mol. The van der Waals surface area contributed by atoms with E-state index in [1.807, 2.05) is 12.1 Å². The van der Waals surface area contributed by atoms with Gasteiger partial charge >= 0.3 is 0 Å². The van der Waals surface area contributed by atoms with Gasteiger partial charge in [0.2, 0.25) is 0 Å². The Labute approximate surface area is 129 Å². The second kappa shape index (κ2) is 7.40. The number of halogens is 1. The van der Waals surface area contributed by atoms with Gasteiger partial charge in [-0.1, -0.05) is 52.7 Å². The van der Waals surface area contributed by atoms with Crippen molar-refractivity contribution in [3.05, 3.63) is 35.6 Å². The molecule has 0 spiro atoms. The lowest BCUT2D eigenvalue weighted by atomic mass is 9.77. The summed E-state index contributed by atoms with van der Waals surface area (Å²) in [6.07, 6.45) is 5.30. The van der Waals surface area contributed by atoms with Crippen LogP contribution >= 0.6 is 0 Å². The predicted octanol–water partition coefficient (Wildman–Crippen LogP) is 5.33. The van der Waals surface area contributed by atoms with Gasteiger partial charge in [0.25, 0.3) is 0 Å². The zero-order chi connectivity index (χ0) is 15.4. The average molecular weight is 291 g/mol. The van der Waals surface area contributed by atoms with Gasteiger partial charge in [0.15, 0.2) is 0 Å². The van der Waals surface area contributed by atoms with Crippen LogP contribution in [0, 0.1) is 23.6 Å². The van der Waals surface area contributed by atoms with Crippen LogP contribution in [0.15, 0.2) is 24.3 Å². The molecular formula is C19H30FN. The van der Waals surface area contributed by atoms with Crippen LogP contribution in [-0.4, -0.2) is 6.04 Å². The van der Waals surface area contributed by atoms with Crippen molar-refractivity contribution < 1.29 is 4.39 Å². The largest absolute Gasteiger partial charge is 0.307 e. The third-order valence-electron chi connectivity index (χ3n) is 4.97. The first-order valence-corrected chi connectivity index (χ1v) is 8.50. The number of rotatable bonds is 5.